The number of rotatable bonds is 6. The highest BCUT2D eigenvalue weighted by molar-refractivity contribution is 7.91. The molecule has 3 rings (SSSR count). The molecule has 1 aliphatic rings. The highest BCUT2D eigenvalue weighted by Crippen LogP contribution is 2.32. The molecule has 0 aliphatic carbocycles. The lowest BCUT2D eigenvalue weighted by molar-refractivity contribution is -0.124. The van der Waals surface area contributed by atoms with Crippen LogP contribution in [-0.4, -0.2) is 42.7 Å². The lowest BCUT2D eigenvalue weighted by Crippen LogP contribution is -2.46. The molecule has 1 saturated heterocycles. The van der Waals surface area contributed by atoms with Gasteiger partial charge in [-0.25, -0.2) is 13.4 Å². The number of amides is 1. The zero-order valence-electron chi connectivity index (χ0n) is 13.6. The van der Waals surface area contributed by atoms with Crippen LogP contribution in [-0.2, 0) is 21.2 Å². The fourth-order valence-corrected chi connectivity index (χ4v) is 6.71. The van der Waals surface area contributed by atoms with E-state index in [1.807, 2.05) is 12.3 Å². The number of hydrogen-bond acceptors (Lipinski definition) is 6. The number of carbonyl (C=O) groups is 1. The molecule has 0 bridgehead atoms. The molecule has 3 heterocycles. The summed E-state index contributed by atoms with van der Waals surface area (Å²) in [6.07, 6.45) is 1.83. The second-order valence-electron chi connectivity index (χ2n) is 5.73. The summed E-state index contributed by atoms with van der Waals surface area (Å²) in [5.74, 6) is -0.254. The van der Waals surface area contributed by atoms with Crippen molar-refractivity contribution in [1.82, 2.24) is 14.6 Å². The van der Waals surface area contributed by atoms with Crippen molar-refractivity contribution in [3.05, 3.63) is 32.6 Å². The average Bonchev–Trinajstić information content (AvgIpc) is 3.27. The highest BCUT2D eigenvalue weighted by atomic mass is 35.5. The number of thiazole rings is 1. The van der Waals surface area contributed by atoms with Gasteiger partial charge in [0.15, 0.2) is 0 Å². The molecular formula is C15H18ClN3O3S3. The van der Waals surface area contributed by atoms with E-state index in [9.17, 15) is 13.2 Å². The Balaban J connectivity index is 1.63. The number of halogens is 1. The summed E-state index contributed by atoms with van der Waals surface area (Å²) in [6.45, 7) is 2.73. The molecule has 10 heteroatoms. The second-order valence-corrected chi connectivity index (χ2v) is 10.6. The van der Waals surface area contributed by atoms with Gasteiger partial charge in [0.05, 0.1) is 15.0 Å². The minimum Gasteiger partial charge on any atom is -0.354 e. The lowest BCUT2D eigenvalue weighted by Gasteiger charge is -2.22. The van der Waals surface area contributed by atoms with Crippen molar-refractivity contribution in [2.24, 2.45) is 0 Å². The lowest BCUT2D eigenvalue weighted by atomic mass is 10.2. The van der Waals surface area contributed by atoms with Crippen molar-refractivity contribution < 1.29 is 13.2 Å². The molecule has 1 aliphatic heterocycles. The Kier molecular flexibility index (Phi) is 5.79. The normalized spacial score (nSPS) is 18.6. The van der Waals surface area contributed by atoms with Gasteiger partial charge in [0.1, 0.15) is 10.3 Å². The van der Waals surface area contributed by atoms with Crippen LogP contribution < -0.4 is 5.32 Å². The Morgan fingerprint density at radius 1 is 1.48 bits per heavy atom. The van der Waals surface area contributed by atoms with Crippen LogP contribution in [0, 0.1) is 6.92 Å². The van der Waals surface area contributed by atoms with Gasteiger partial charge in [-0.2, -0.15) is 4.31 Å². The molecule has 136 valence electrons. The number of sulfonamides is 1. The Labute approximate surface area is 159 Å². The van der Waals surface area contributed by atoms with Crippen molar-refractivity contribution in [2.45, 2.75) is 36.4 Å². The highest BCUT2D eigenvalue weighted by Gasteiger charge is 2.39. The van der Waals surface area contributed by atoms with Crippen LogP contribution >= 0.6 is 34.3 Å². The predicted molar refractivity (Wildman–Crippen MR) is 99.8 cm³/mol. The van der Waals surface area contributed by atoms with E-state index in [1.165, 1.54) is 10.4 Å². The molecule has 2 aromatic rings. The number of aryl methyl sites for hydroxylation is 1. The summed E-state index contributed by atoms with van der Waals surface area (Å²) in [5, 5.41) is 5.79. The maximum absolute atomic E-state index is 12.7. The van der Waals surface area contributed by atoms with Gasteiger partial charge in [0, 0.05) is 24.9 Å². The molecule has 25 heavy (non-hydrogen) atoms. The van der Waals surface area contributed by atoms with Gasteiger partial charge in [0.25, 0.3) is 10.0 Å². The van der Waals surface area contributed by atoms with E-state index < -0.39 is 16.1 Å². The number of hydrogen-bond donors (Lipinski definition) is 1. The molecule has 1 N–H and O–H groups in total. The molecule has 0 spiro atoms. The van der Waals surface area contributed by atoms with Gasteiger partial charge < -0.3 is 5.32 Å². The molecule has 2 aromatic heterocycles. The first kappa shape index (κ1) is 18.8. The third-order valence-electron chi connectivity index (χ3n) is 3.96. The molecule has 1 unspecified atom stereocenters. The summed E-state index contributed by atoms with van der Waals surface area (Å²) in [5.41, 5.74) is 0.937. The third-order valence-corrected chi connectivity index (χ3v) is 8.39. The fourth-order valence-electron chi connectivity index (χ4n) is 2.80. The number of nitrogens with zero attached hydrogens (tertiary/aromatic N) is 2. The Bertz CT molecular complexity index is 862. The van der Waals surface area contributed by atoms with E-state index in [1.54, 1.807) is 17.4 Å². The summed E-state index contributed by atoms with van der Waals surface area (Å²) in [6, 6.07) is 2.38. The molecule has 0 aromatic carbocycles. The van der Waals surface area contributed by atoms with Crippen molar-refractivity contribution in [2.75, 3.05) is 13.1 Å². The standard InChI is InChI=1S/C15H18ClN3O3S3/c1-10-18-11(9-23-10)6-7-17-15(20)12-3-2-8-19(12)25(21,22)14-5-4-13(16)24-14/h4-5,9,12H,2-3,6-8H2,1H3,(H,17,20). The van der Waals surface area contributed by atoms with Crippen molar-refractivity contribution in [1.29, 1.82) is 0 Å². The van der Waals surface area contributed by atoms with Gasteiger partial charge in [0.2, 0.25) is 5.91 Å². The van der Waals surface area contributed by atoms with E-state index in [2.05, 4.69) is 10.3 Å². The monoisotopic (exact) mass is 419 g/mol. The van der Waals surface area contributed by atoms with Gasteiger partial charge in [-0.15, -0.1) is 22.7 Å². The molecule has 0 saturated carbocycles. The van der Waals surface area contributed by atoms with Crippen LogP contribution in [0.5, 0.6) is 0 Å². The second kappa shape index (κ2) is 7.71. The van der Waals surface area contributed by atoms with Gasteiger partial charge in [-0.1, -0.05) is 11.6 Å². The van der Waals surface area contributed by atoms with Crippen LogP contribution in [0.4, 0.5) is 0 Å². The summed E-state index contributed by atoms with van der Waals surface area (Å²) < 4.78 is 27.4. The Morgan fingerprint density at radius 2 is 2.28 bits per heavy atom. The van der Waals surface area contributed by atoms with Crippen LogP contribution in [0.2, 0.25) is 4.34 Å². The van der Waals surface area contributed by atoms with Crippen LogP contribution in [0.1, 0.15) is 23.5 Å². The fraction of sp³-hybridized carbons (Fsp3) is 0.467. The minimum absolute atomic E-state index is 0.176. The molecular weight excluding hydrogens is 402 g/mol. The first-order valence-electron chi connectivity index (χ1n) is 7.84. The SMILES string of the molecule is Cc1nc(CCNC(=O)C2CCCN2S(=O)(=O)c2ccc(Cl)s2)cs1. The molecule has 0 radical (unpaired) electrons. The molecule has 1 amide bonds. The number of aromatic nitrogens is 1. The zero-order chi connectivity index (χ0) is 18.0. The third kappa shape index (κ3) is 4.22. The predicted octanol–water partition coefficient (Wildman–Crippen LogP) is 2.68. The zero-order valence-corrected chi connectivity index (χ0v) is 16.8. The van der Waals surface area contributed by atoms with E-state index in [0.717, 1.165) is 22.0 Å². The molecule has 1 atom stereocenters. The van der Waals surface area contributed by atoms with E-state index >= 15 is 0 Å². The summed E-state index contributed by atoms with van der Waals surface area (Å²) in [7, 11) is -3.69. The first-order chi connectivity index (χ1) is 11.9. The van der Waals surface area contributed by atoms with Crippen molar-refractivity contribution >= 4 is 50.2 Å². The number of nitrogens with one attached hydrogen (secondary N) is 1. The molecule has 1 fully saturated rings. The van der Waals surface area contributed by atoms with E-state index in [4.69, 9.17) is 11.6 Å². The van der Waals surface area contributed by atoms with E-state index in [-0.39, 0.29) is 10.1 Å². The Hall–Kier alpha value is -1.000. The number of thiophene rings is 1. The van der Waals surface area contributed by atoms with Crippen molar-refractivity contribution in [3.8, 4) is 0 Å². The van der Waals surface area contributed by atoms with E-state index in [0.29, 0.717) is 36.7 Å². The van der Waals surface area contributed by atoms with Crippen LogP contribution in [0.15, 0.2) is 21.7 Å². The smallest absolute Gasteiger partial charge is 0.253 e. The maximum Gasteiger partial charge on any atom is 0.253 e. The Morgan fingerprint density at radius 3 is 2.92 bits per heavy atom. The first-order valence-corrected chi connectivity index (χ1v) is 11.4. The van der Waals surface area contributed by atoms with Crippen molar-refractivity contribution in [3.63, 3.8) is 0 Å². The van der Waals surface area contributed by atoms with Crippen LogP contribution in [0.3, 0.4) is 0 Å². The summed E-state index contributed by atoms with van der Waals surface area (Å²) >= 11 is 8.43. The molecule has 6 nitrogen and oxygen atoms in total. The summed E-state index contributed by atoms with van der Waals surface area (Å²) in [4.78, 5) is 16.8. The van der Waals surface area contributed by atoms with Crippen LogP contribution in [0.25, 0.3) is 0 Å². The maximum atomic E-state index is 12.7. The topological polar surface area (TPSA) is 79.4 Å². The minimum atomic E-state index is -3.69. The van der Waals surface area contributed by atoms with Gasteiger partial charge in [-0.05, 0) is 31.9 Å². The van der Waals surface area contributed by atoms with Gasteiger partial charge in [-0.3, -0.25) is 4.79 Å². The number of carbonyl (C=O) groups excluding carboxylic acids is 1. The average molecular weight is 420 g/mol. The largest absolute Gasteiger partial charge is 0.354 e. The quantitative estimate of drug-likeness (QED) is 0.780. The van der Waals surface area contributed by atoms with Gasteiger partial charge >= 0.3 is 0 Å².